The van der Waals surface area contributed by atoms with Crippen molar-refractivity contribution in [3.8, 4) is 5.75 Å². The summed E-state index contributed by atoms with van der Waals surface area (Å²) in [7, 11) is 1.70. The first kappa shape index (κ1) is 18.9. The Morgan fingerprint density at radius 1 is 1.10 bits per heavy atom. The number of amides is 1. The normalized spacial score (nSPS) is 14.3. The molecule has 1 aliphatic rings. The Bertz CT molecular complexity index is 1090. The third-order valence-electron chi connectivity index (χ3n) is 5.08. The summed E-state index contributed by atoms with van der Waals surface area (Å²) in [5.74, 6) is 1.14. The molecule has 29 heavy (non-hydrogen) atoms. The van der Waals surface area contributed by atoms with Crippen LogP contribution < -0.4 is 15.2 Å². The van der Waals surface area contributed by atoms with Crippen molar-refractivity contribution in [3.05, 3.63) is 58.5 Å². The predicted molar refractivity (Wildman–Crippen MR) is 111 cm³/mol. The average Bonchev–Trinajstić information content (AvgIpc) is 2.77. The number of hydrogen-bond acceptors (Lipinski definition) is 6. The number of benzene rings is 1. The lowest BCUT2D eigenvalue weighted by Gasteiger charge is -2.35. The van der Waals surface area contributed by atoms with E-state index in [1.54, 1.807) is 36.3 Å². The van der Waals surface area contributed by atoms with Gasteiger partial charge < -0.3 is 14.5 Å². The van der Waals surface area contributed by atoms with Crippen LogP contribution >= 0.6 is 0 Å². The van der Waals surface area contributed by atoms with E-state index in [2.05, 4.69) is 9.97 Å². The number of rotatable bonds is 4. The zero-order chi connectivity index (χ0) is 20.4. The Balaban J connectivity index is 1.48. The van der Waals surface area contributed by atoms with Crippen molar-refractivity contribution in [3.63, 3.8) is 0 Å². The molecule has 1 amide bonds. The van der Waals surface area contributed by atoms with E-state index < -0.39 is 0 Å². The molecule has 2 aromatic heterocycles. The topological polar surface area (TPSA) is 80.6 Å². The Hall–Kier alpha value is -3.42. The summed E-state index contributed by atoms with van der Waals surface area (Å²) in [4.78, 5) is 38.0. The second kappa shape index (κ2) is 7.90. The van der Waals surface area contributed by atoms with E-state index in [0.29, 0.717) is 55.3 Å². The largest absolute Gasteiger partial charge is 0.494 e. The second-order valence-electron chi connectivity index (χ2n) is 6.88. The molecule has 0 saturated carbocycles. The fraction of sp³-hybridized carbons (Fsp3) is 0.333. The summed E-state index contributed by atoms with van der Waals surface area (Å²) >= 11 is 0. The molecule has 3 heterocycles. The quantitative estimate of drug-likeness (QED) is 0.671. The lowest BCUT2D eigenvalue weighted by molar-refractivity contribution is 0.0746. The minimum absolute atomic E-state index is 0.0173. The first-order chi connectivity index (χ1) is 14.1. The number of fused-ring (bicyclic) bond motifs is 1. The van der Waals surface area contributed by atoms with Crippen LogP contribution in [0.3, 0.4) is 0 Å². The van der Waals surface area contributed by atoms with Gasteiger partial charge in [0.25, 0.3) is 11.5 Å². The summed E-state index contributed by atoms with van der Waals surface area (Å²) in [5, 5.41) is 0. The smallest absolute Gasteiger partial charge is 0.294 e. The van der Waals surface area contributed by atoms with Crippen LogP contribution in [0.4, 0.5) is 5.82 Å². The lowest BCUT2D eigenvalue weighted by Crippen LogP contribution is -2.50. The Kier molecular flexibility index (Phi) is 5.16. The molecule has 0 atom stereocenters. The summed E-state index contributed by atoms with van der Waals surface area (Å²) < 4.78 is 6.95. The van der Waals surface area contributed by atoms with E-state index in [-0.39, 0.29) is 11.5 Å². The number of pyridine rings is 1. The fourth-order valence-electron chi connectivity index (χ4n) is 3.51. The van der Waals surface area contributed by atoms with E-state index in [1.807, 2.05) is 30.0 Å². The van der Waals surface area contributed by atoms with Gasteiger partial charge in [0, 0.05) is 45.0 Å². The van der Waals surface area contributed by atoms with Crippen molar-refractivity contribution >= 4 is 22.9 Å². The number of aryl methyl sites for hydroxylation is 1. The molecule has 1 aliphatic heterocycles. The highest BCUT2D eigenvalue weighted by molar-refractivity contribution is 5.94. The molecule has 0 bridgehead atoms. The van der Waals surface area contributed by atoms with Crippen LogP contribution in [0, 0.1) is 0 Å². The molecular weight excluding hydrogens is 370 g/mol. The van der Waals surface area contributed by atoms with Crippen molar-refractivity contribution in [2.75, 3.05) is 37.7 Å². The minimum Gasteiger partial charge on any atom is -0.494 e. The average molecular weight is 393 g/mol. The van der Waals surface area contributed by atoms with E-state index >= 15 is 0 Å². The van der Waals surface area contributed by atoms with Gasteiger partial charge >= 0.3 is 0 Å². The number of anilines is 1. The van der Waals surface area contributed by atoms with Crippen molar-refractivity contribution in [2.45, 2.75) is 6.92 Å². The molecule has 0 N–H and O–H groups in total. The van der Waals surface area contributed by atoms with Gasteiger partial charge in [0.1, 0.15) is 11.3 Å². The summed E-state index contributed by atoms with van der Waals surface area (Å²) in [6.45, 7) is 4.68. The highest BCUT2D eigenvalue weighted by Crippen LogP contribution is 2.17. The van der Waals surface area contributed by atoms with Gasteiger partial charge in [-0.2, -0.15) is 0 Å². The molecule has 0 aliphatic carbocycles. The number of ether oxygens (including phenoxy) is 1. The van der Waals surface area contributed by atoms with Crippen LogP contribution in [0.2, 0.25) is 0 Å². The maximum Gasteiger partial charge on any atom is 0.294 e. The number of piperazine rings is 1. The molecule has 0 spiro atoms. The molecular formula is C21H23N5O3. The van der Waals surface area contributed by atoms with E-state index in [4.69, 9.17) is 4.74 Å². The van der Waals surface area contributed by atoms with Gasteiger partial charge in [-0.15, -0.1) is 0 Å². The second-order valence-corrected chi connectivity index (χ2v) is 6.88. The van der Waals surface area contributed by atoms with Gasteiger partial charge in [-0.3, -0.25) is 14.2 Å². The Labute approximate surface area is 168 Å². The first-order valence-corrected chi connectivity index (χ1v) is 9.67. The van der Waals surface area contributed by atoms with Gasteiger partial charge in [0.05, 0.1) is 6.61 Å². The van der Waals surface area contributed by atoms with Crippen LogP contribution in [0.25, 0.3) is 11.2 Å². The van der Waals surface area contributed by atoms with Gasteiger partial charge in [-0.25, -0.2) is 9.97 Å². The molecule has 8 heteroatoms. The summed E-state index contributed by atoms with van der Waals surface area (Å²) in [6, 6.07) is 10.8. The summed E-state index contributed by atoms with van der Waals surface area (Å²) in [5.41, 5.74) is 1.69. The Morgan fingerprint density at radius 2 is 1.83 bits per heavy atom. The maximum absolute atomic E-state index is 12.8. The molecule has 4 rings (SSSR count). The van der Waals surface area contributed by atoms with E-state index in [9.17, 15) is 9.59 Å². The minimum atomic E-state index is -0.178. The van der Waals surface area contributed by atoms with Crippen LogP contribution in [0.15, 0.2) is 47.4 Å². The van der Waals surface area contributed by atoms with Crippen molar-refractivity contribution in [1.29, 1.82) is 0 Å². The van der Waals surface area contributed by atoms with E-state index in [0.717, 1.165) is 5.75 Å². The number of aromatic nitrogens is 3. The lowest BCUT2D eigenvalue weighted by atomic mass is 10.1. The van der Waals surface area contributed by atoms with Gasteiger partial charge in [-0.05, 0) is 43.3 Å². The number of hydrogen-bond donors (Lipinski definition) is 0. The first-order valence-electron chi connectivity index (χ1n) is 9.67. The van der Waals surface area contributed by atoms with Crippen molar-refractivity contribution < 1.29 is 9.53 Å². The zero-order valence-corrected chi connectivity index (χ0v) is 16.5. The highest BCUT2D eigenvalue weighted by Gasteiger charge is 2.25. The molecule has 1 aromatic carbocycles. The number of carbonyl (C=O) groups excluding carboxylic acids is 1. The van der Waals surface area contributed by atoms with Gasteiger partial charge in [-0.1, -0.05) is 0 Å². The van der Waals surface area contributed by atoms with Crippen LogP contribution in [0.5, 0.6) is 5.75 Å². The third-order valence-corrected chi connectivity index (χ3v) is 5.08. The number of nitrogens with zero attached hydrogens (tertiary/aromatic N) is 5. The SMILES string of the molecule is CCOc1ccc(C(=O)N2CCN(c3nc4cccnc4n(C)c3=O)CC2)cc1. The third kappa shape index (κ3) is 3.65. The maximum atomic E-state index is 12.8. The molecule has 150 valence electrons. The van der Waals surface area contributed by atoms with Crippen LogP contribution in [-0.4, -0.2) is 58.1 Å². The monoisotopic (exact) mass is 393 g/mol. The highest BCUT2D eigenvalue weighted by atomic mass is 16.5. The van der Waals surface area contributed by atoms with Gasteiger partial charge in [0.2, 0.25) is 0 Å². The molecule has 0 radical (unpaired) electrons. The van der Waals surface area contributed by atoms with Crippen LogP contribution in [-0.2, 0) is 7.05 Å². The zero-order valence-electron chi connectivity index (χ0n) is 16.5. The van der Waals surface area contributed by atoms with E-state index in [1.165, 1.54) is 4.57 Å². The predicted octanol–water partition coefficient (Wildman–Crippen LogP) is 1.69. The standard InChI is InChI=1S/C21H23N5O3/c1-3-29-16-8-6-15(7-9-16)20(27)26-13-11-25(12-14-26)19-21(28)24(2)18-17(23-19)5-4-10-22-18/h4-10H,3,11-14H2,1-2H3. The number of carbonyl (C=O) groups is 1. The van der Waals surface area contributed by atoms with Crippen molar-refractivity contribution in [1.82, 2.24) is 19.4 Å². The molecule has 1 fully saturated rings. The fourth-order valence-corrected chi connectivity index (χ4v) is 3.51. The molecule has 0 unspecified atom stereocenters. The Morgan fingerprint density at radius 3 is 2.52 bits per heavy atom. The molecule has 1 saturated heterocycles. The summed E-state index contributed by atoms with van der Waals surface area (Å²) in [6.07, 6.45) is 1.65. The molecule has 3 aromatic rings. The van der Waals surface area contributed by atoms with Crippen LogP contribution in [0.1, 0.15) is 17.3 Å². The van der Waals surface area contributed by atoms with Gasteiger partial charge in [0.15, 0.2) is 11.5 Å². The molecule has 8 nitrogen and oxygen atoms in total. The van der Waals surface area contributed by atoms with Crippen molar-refractivity contribution in [2.24, 2.45) is 7.05 Å².